The molecule has 0 aromatic carbocycles. The summed E-state index contributed by atoms with van der Waals surface area (Å²) in [4.78, 5) is 0. The summed E-state index contributed by atoms with van der Waals surface area (Å²) in [5, 5.41) is 3.38. The zero-order valence-corrected chi connectivity index (χ0v) is 13.6. The van der Waals surface area contributed by atoms with Crippen molar-refractivity contribution in [2.45, 2.75) is 79.0 Å². The van der Waals surface area contributed by atoms with Crippen LogP contribution in [0.3, 0.4) is 0 Å². The number of nitrogens with one attached hydrogen (secondary N) is 1. The second-order valence-electron chi connectivity index (χ2n) is 5.82. The Morgan fingerprint density at radius 2 is 1.95 bits per heavy atom. The maximum Gasteiger partial charge on any atom is 0.130 e. The van der Waals surface area contributed by atoms with E-state index in [2.05, 4.69) is 39.1 Å². The minimum atomic E-state index is 0.474. The van der Waals surface area contributed by atoms with E-state index in [0.29, 0.717) is 12.6 Å². The van der Waals surface area contributed by atoms with Crippen LogP contribution in [0.5, 0.6) is 0 Å². The van der Waals surface area contributed by atoms with E-state index in [1.54, 1.807) is 0 Å². The van der Waals surface area contributed by atoms with Crippen molar-refractivity contribution in [3.63, 3.8) is 0 Å². The molecule has 0 aliphatic heterocycles. The summed E-state index contributed by atoms with van der Waals surface area (Å²) in [6, 6.07) is 2.57. The summed E-state index contributed by atoms with van der Waals surface area (Å²) >= 11 is 0. The maximum absolute atomic E-state index is 5.82. The zero-order valence-electron chi connectivity index (χ0n) is 13.6. The molecule has 0 saturated heterocycles. The van der Waals surface area contributed by atoms with Crippen LogP contribution in [0.15, 0.2) is 10.5 Å². The minimum Gasteiger partial charge on any atom is -0.462 e. The summed E-state index contributed by atoms with van der Waals surface area (Å²) in [6.07, 6.45) is 6.38. The van der Waals surface area contributed by atoms with E-state index in [4.69, 9.17) is 9.15 Å². The highest BCUT2D eigenvalue weighted by Gasteiger charge is 2.08. The number of unbranched alkanes of at least 4 members (excludes halogenated alkanes) is 4. The van der Waals surface area contributed by atoms with Gasteiger partial charge in [0.05, 0.1) is 6.54 Å². The molecule has 0 fully saturated rings. The van der Waals surface area contributed by atoms with Crippen LogP contribution in [-0.2, 0) is 17.9 Å². The molecule has 3 heteroatoms. The van der Waals surface area contributed by atoms with E-state index in [1.165, 1.54) is 31.2 Å². The first kappa shape index (κ1) is 17.3. The van der Waals surface area contributed by atoms with Gasteiger partial charge in [0.15, 0.2) is 0 Å². The maximum atomic E-state index is 5.82. The van der Waals surface area contributed by atoms with Gasteiger partial charge in [0.2, 0.25) is 0 Å². The van der Waals surface area contributed by atoms with E-state index in [1.807, 2.05) is 0 Å². The average molecular weight is 281 g/mol. The molecule has 0 atom stereocenters. The molecule has 1 N–H and O–H groups in total. The molecule has 3 nitrogen and oxygen atoms in total. The number of furan rings is 1. The Kier molecular flexibility index (Phi) is 8.63. The lowest BCUT2D eigenvalue weighted by molar-refractivity contribution is 0.101. The molecule has 20 heavy (non-hydrogen) atoms. The molecular formula is C17H31NO2. The summed E-state index contributed by atoms with van der Waals surface area (Å²) in [7, 11) is 0. The average Bonchev–Trinajstić information content (AvgIpc) is 2.76. The molecule has 0 radical (unpaired) electrons. The fourth-order valence-corrected chi connectivity index (χ4v) is 2.11. The number of rotatable bonds is 11. The molecule has 0 bridgehead atoms. The molecule has 1 heterocycles. The normalized spacial score (nSPS) is 11.4. The van der Waals surface area contributed by atoms with Gasteiger partial charge < -0.3 is 14.5 Å². The van der Waals surface area contributed by atoms with E-state index >= 15 is 0 Å². The van der Waals surface area contributed by atoms with Crippen molar-refractivity contribution in [3.8, 4) is 0 Å². The molecule has 0 aliphatic carbocycles. The van der Waals surface area contributed by atoms with Gasteiger partial charge in [0.25, 0.3) is 0 Å². The lowest BCUT2D eigenvalue weighted by Crippen LogP contribution is -2.21. The molecule has 0 spiro atoms. The van der Waals surface area contributed by atoms with Crippen LogP contribution in [0.4, 0.5) is 0 Å². The lowest BCUT2D eigenvalue weighted by atomic mass is 10.2. The van der Waals surface area contributed by atoms with Crippen LogP contribution in [-0.4, -0.2) is 12.6 Å². The van der Waals surface area contributed by atoms with Crippen molar-refractivity contribution in [1.29, 1.82) is 0 Å². The fraction of sp³-hybridized carbons (Fsp3) is 0.765. The summed E-state index contributed by atoms with van der Waals surface area (Å²) in [6.45, 7) is 10.8. The third kappa shape index (κ3) is 7.11. The summed E-state index contributed by atoms with van der Waals surface area (Å²) < 4.78 is 11.5. The van der Waals surface area contributed by atoms with Gasteiger partial charge >= 0.3 is 0 Å². The van der Waals surface area contributed by atoms with Gasteiger partial charge in [0.1, 0.15) is 18.1 Å². The van der Waals surface area contributed by atoms with E-state index < -0.39 is 0 Å². The molecule has 1 rings (SSSR count). The highest BCUT2D eigenvalue weighted by atomic mass is 16.5. The van der Waals surface area contributed by atoms with Gasteiger partial charge in [-0.15, -0.1) is 0 Å². The number of hydrogen-bond acceptors (Lipinski definition) is 3. The minimum absolute atomic E-state index is 0.474. The van der Waals surface area contributed by atoms with Crippen molar-refractivity contribution in [1.82, 2.24) is 5.32 Å². The van der Waals surface area contributed by atoms with Crippen molar-refractivity contribution in [3.05, 3.63) is 23.2 Å². The first-order chi connectivity index (χ1) is 9.63. The molecule has 0 saturated carbocycles. The largest absolute Gasteiger partial charge is 0.462 e. The SMILES string of the molecule is CCCCCCCOCc1cc(C)c(CNC(C)C)o1. The van der Waals surface area contributed by atoms with Crippen LogP contribution in [0.1, 0.15) is 70.0 Å². The van der Waals surface area contributed by atoms with Crippen molar-refractivity contribution >= 4 is 0 Å². The third-order valence-electron chi connectivity index (χ3n) is 3.38. The Bertz CT molecular complexity index is 358. The van der Waals surface area contributed by atoms with Gasteiger partial charge in [-0.2, -0.15) is 0 Å². The van der Waals surface area contributed by atoms with Crippen LogP contribution in [0.25, 0.3) is 0 Å². The number of ether oxygens (including phenoxy) is 1. The molecule has 116 valence electrons. The number of hydrogen-bond donors (Lipinski definition) is 1. The quantitative estimate of drug-likeness (QED) is 0.603. The van der Waals surface area contributed by atoms with Crippen molar-refractivity contribution in [2.24, 2.45) is 0 Å². The van der Waals surface area contributed by atoms with Crippen molar-refractivity contribution < 1.29 is 9.15 Å². The monoisotopic (exact) mass is 281 g/mol. The van der Waals surface area contributed by atoms with E-state index in [-0.39, 0.29) is 0 Å². The van der Waals surface area contributed by atoms with Gasteiger partial charge in [-0.25, -0.2) is 0 Å². The Morgan fingerprint density at radius 3 is 2.65 bits per heavy atom. The molecular weight excluding hydrogens is 250 g/mol. The Labute approximate surface area is 124 Å². The lowest BCUT2D eigenvalue weighted by Gasteiger charge is -2.06. The predicted molar refractivity (Wildman–Crippen MR) is 83.8 cm³/mol. The third-order valence-corrected chi connectivity index (χ3v) is 3.38. The molecule has 1 aromatic heterocycles. The smallest absolute Gasteiger partial charge is 0.130 e. The van der Waals surface area contributed by atoms with Gasteiger partial charge in [-0.1, -0.05) is 46.5 Å². The molecule has 0 aliphatic rings. The molecule has 1 aromatic rings. The highest BCUT2D eigenvalue weighted by molar-refractivity contribution is 5.19. The Morgan fingerprint density at radius 1 is 1.20 bits per heavy atom. The first-order valence-electron chi connectivity index (χ1n) is 8.02. The Balaban J connectivity index is 2.19. The van der Waals surface area contributed by atoms with Crippen LogP contribution in [0, 0.1) is 6.92 Å². The standard InChI is InChI=1S/C17H31NO2/c1-5-6-7-8-9-10-19-13-16-11-15(4)17(20-16)12-18-14(2)3/h11,14,18H,5-10,12-13H2,1-4H3. The predicted octanol–water partition coefficient (Wildman–Crippen LogP) is 4.57. The summed E-state index contributed by atoms with van der Waals surface area (Å²) in [5.41, 5.74) is 1.21. The second kappa shape index (κ2) is 10.0. The van der Waals surface area contributed by atoms with Gasteiger partial charge in [-0.05, 0) is 25.0 Å². The van der Waals surface area contributed by atoms with E-state index in [0.717, 1.165) is 31.1 Å². The molecule has 0 unspecified atom stereocenters. The van der Waals surface area contributed by atoms with Crippen LogP contribution >= 0.6 is 0 Å². The van der Waals surface area contributed by atoms with Crippen molar-refractivity contribution in [2.75, 3.05) is 6.61 Å². The van der Waals surface area contributed by atoms with Gasteiger partial charge in [0, 0.05) is 12.6 Å². The van der Waals surface area contributed by atoms with Crippen LogP contribution < -0.4 is 5.32 Å². The second-order valence-corrected chi connectivity index (χ2v) is 5.82. The fourth-order valence-electron chi connectivity index (χ4n) is 2.11. The first-order valence-corrected chi connectivity index (χ1v) is 8.02. The highest BCUT2D eigenvalue weighted by Crippen LogP contribution is 2.15. The number of aryl methyl sites for hydroxylation is 1. The summed E-state index contributed by atoms with van der Waals surface area (Å²) in [5.74, 6) is 1.97. The van der Waals surface area contributed by atoms with Crippen LogP contribution in [0.2, 0.25) is 0 Å². The topological polar surface area (TPSA) is 34.4 Å². The van der Waals surface area contributed by atoms with E-state index in [9.17, 15) is 0 Å². The zero-order chi connectivity index (χ0) is 14.8. The van der Waals surface area contributed by atoms with Gasteiger partial charge in [-0.3, -0.25) is 0 Å². The Hall–Kier alpha value is -0.800. The molecule has 0 amide bonds.